The number of rotatable bonds is 17. The van der Waals surface area contributed by atoms with Gasteiger partial charge in [-0.15, -0.1) is 0 Å². The van der Waals surface area contributed by atoms with Crippen LogP contribution in [0.4, 0.5) is 5.69 Å². The van der Waals surface area contributed by atoms with E-state index in [0.717, 1.165) is 0 Å². The zero-order valence-electron chi connectivity index (χ0n) is 27.7. The minimum absolute atomic E-state index is 0.00746. The number of aliphatic imine (C=N–C) groups is 1. The number of guanidine groups is 1. The van der Waals surface area contributed by atoms with Crippen molar-refractivity contribution in [2.24, 2.45) is 22.4 Å². The van der Waals surface area contributed by atoms with Crippen molar-refractivity contribution in [1.82, 2.24) is 21.3 Å². The summed E-state index contributed by atoms with van der Waals surface area (Å²) >= 11 is 0. The standard InChI is InChI=1S/C31H46N8O9/c1-15(2)11-22(35-18(5)42)28(45)38-23(14-40)29(46)39-26(17(4)41)30(47)37-21(7-6-10-34-31(32)33)27(44)36-19-8-9-20-16(3)12-25(43)48-24(20)13-19/h8-9,12-13,15,17,21-23,26,40-41H,6-7,10-11,14H2,1-5H3,(H,35,42)(H,36,44)(H,37,47)(H,38,45)(H,39,46)(H4,32,33,34)/t17-,21+,22+,23+,26+/m1/s1. The summed E-state index contributed by atoms with van der Waals surface area (Å²) < 4.78 is 5.24. The Morgan fingerprint density at radius 1 is 0.896 bits per heavy atom. The Balaban J connectivity index is 2.23. The van der Waals surface area contributed by atoms with Crippen LogP contribution in [-0.2, 0) is 24.0 Å². The number of aliphatic hydroxyl groups is 2. The van der Waals surface area contributed by atoms with Crippen molar-refractivity contribution in [2.75, 3.05) is 18.5 Å². The SMILES string of the molecule is CC(=O)N[C@@H](CC(C)C)C(=O)N[C@@H](CO)C(=O)N[C@H](C(=O)N[C@@H](CCCN=C(N)N)C(=O)Nc1ccc2c(C)cc(=O)oc2c1)[C@@H](C)O. The van der Waals surface area contributed by atoms with Gasteiger partial charge in [0.2, 0.25) is 29.5 Å². The predicted octanol–water partition coefficient (Wildman–Crippen LogP) is -1.53. The Bertz CT molecular complexity index is 1550. The fourth-order valence-electron chi connectivity index (χ4n) is 4.74. The highest BCUT2D eigenvalue weighted by Crippen LogP contribution is 2.21. The molecule has 1 heterocycles. The number of amides is 5. The number of nitrogens with one attached hydrogen (secondary N) is 5. The first-order chi connectivity index (χ1) is 22.5. The van der Waals surface area contributed by atoms with Gasteiger partial charge >= 0.3 is 5.63 Å². The van der Waals surface area contributed by atoms with E-state index in [2.05, 4.69) is 31.6 Å². The van der Waals surface area contributed by atoms with Crippen molar-refractivity contribution in [3.05, 3.63) is 40.2 Å². The van der Waals surface area contributed by atoms with E-state index in [0.29, 0.717) is 10.9 Å². The number of aliphatic hydroxyl groups excluding tert-OH is 2. The lowest BCUT2D eigenvalue weighted by molar-refractivity contribution is -0.136. The van der Waals surface area contributed by atoms with Crippen molar-refractivity contribution in [3.63, 3.8) is 0 Å². The van der Waals surface area contributed by atoms with Crippen LogP contribution in [0, 0.1) is 12.8 Å². The lowest BCUT2D eigenvalue weighted by Crippen LogP contribution is -2.61. The molecule has 0 aliphatic rings. The van der Waals surface area contributed by atoms with Gasteiger partial charge in [-0.1, -0.05) is 13.8 Å². The Morgan fingerprint density at radius 2 is 1.54 bits per heavy atom. The summed E-state index contributed by atoms with van der Waals surface area (Å²) in [6, 6.07) is 0.694. The van der Waals surface area contributed by atoms with E-state index >= 15 is 0 Å². The Kier molecular flexibility index (Phi) is 15.0. The zero-order chi connectivity index (χ0) is 36.1. The first-order valence-electron chi connectivity index (χ1n) is 15.4. The molecule has 17 nitrogen and oxygen atoms in total. The van der Waals surface area contributed by atoms with Crippen molar-refractivity contribution >= 4 is 52.2 Å². The van der Waals surface area contributed by atoms with Crippen LogP contribution in [0.1, 0.15) is 52.5 Å². The van der Waals surface area contributed by atoms with Gasteiger partial charge in [-0.2, -0.15) is 0 Å². The Labute approximate surface area is 277 Å². The second-order valence-electron chi connectivity index (χ2n) is 11.8. The van der Waals surface area contributed by atoms with E-state index in [1.807, 2.05) is 13.8 Å². The van der Waals surface area contributed by atoms with E-state index in [4.69, 9.17) is 15.9 Å². The van der Waals surface area contributed by atoms with Gasteiger partial charge in [0.1, 0.15) is 29.8 Å². The lowest BCUT2D eigenvalue weighted by atomic mass is 10.0. The highest BCUT2D eigenvalue weighted by atomic mass is 16.4. The van der Waals surface area contributed by atoms with Gasteiger partial charge in [-0.3, -0.25) is 29.0 Å². The summed E-state index contributed by atoms with van der Waals surface area (Å²) in [5, 5.41) is 33.3. The molecule has 5 atom stereocenters. The summed E-state index contributed by atoms with van der Waals surface area (Å²) in [6.45, 7) is 7.14. The van der Waals surface area contributed by atoms with Crippen molar-refractivity contribution < 1.29 is 38.6 Å². The van der Waals surface area contributed by atoms with Gasteiger partial charge in [0.05, 0.1) is 12.7 Å². The van der Waals surface area contributed by atoms with Crippen LogP contribution >= 0.6 is 0 Å². The Morgan fingerprint density at radius 3 is 2.12 bits per heavy atom. The number of carbonyl (C=O) groups is 5. The zero-order valence-corrected chi connectivity index (χ0v) is 27.7. The fraction of sp³-hybridized carbons (Fsp3) is 0.516. The topological polar surface area (TPSA) is 281 Å². The van der Waals surface area contributed by atoms with Gasteiger partial charge < -0.3 is 52.7 Å². The van der Waals surface area contributed by atoms with Gasteiger partial charge in [-0.25, -0.2) is 4.79 Å². The molecule has 1 aromatic heterocycles. The van der Waals surface area contributed by atoms with E-state index in [1.54, 1.807) is 19.1 Å². The number of carbonyl (C=O) groups excluding carboxylic acids is 5. The van der Waals surface area contributed by atoms with E-state index in [9.17, 15) is 39.0 Å². The fourth-order valence-corrected chi connectivity index (χ4v) is 4.74. The van der Waals surface area contributed by atoms with Crippen molar-refractivity contribution in [1.29, 1.82) is 0 Å². The average molecular weight is 675 g/mol. The summed E-state index contributed by atoms with van der Waals surface area (Å²) in [5.74, 6) is -3.97. The molecular formula is C31H46N8O9. The van der Waals surface area contributed by atoms with Crippen molar-refractivity contribution in [2.45, 2.75) is 84.2 Å². The van der Waals surface area contributed by atoms with Crippen LogP contribution in [0.25, 0.3) is 11.0 Å². The maximum atomic E-state index is 13.4. The number of hydrogen-bond acceptors (Lipinski definition) is 10. The van der Waals surface area contributed by atoms with Crippen LogP contribution in [0.2, 0.25) is 0 Å². The molecule has 2 rings (SSSR count). The second-order valence-corrected chi connectivity index (χ2v) is 11.8. The molecule has 1 aromatic carbocycles. The molecule has 0 bridgehead atoms. The molecule has 0 spiro atoms. The lowest BCUT2D eigenvalue weighted by Gasteiger charge is -2.27. The van der Waals surface area contributed by atoms with Crippen LogP contribution < -0.4 is 43.7 Å². The number of anilines is 1. The highest BCUT2D eigenvalue weighted by Gasteiger charge is 2.33. The van der Waals surface area contributed by atoms with Gasteiger partial charge in [0.25, 0.3) is 0 Å². The van der Waals surface area contributed by atoms with Crippen LogP contribution in [0.3, 0.4) is 0 Å². The second kappa shape index (κ2) is 18.3. The third-order valence-electron chi connectivity index (χ3n) is 7.08. The molecule has 0 unspecified atom stereocenters. The number of nitrogens with two attached hydrogens (primary N) is 2. The summed E-state index contributed by atoms with van der Waals surface area (Å²) in [5.41, 5.74) is 11.4. The minimum Gasteiger partial charge on any atom is -0.423 e. The first-order valence-corrected chi connectivity index (χ1v) is 15.4. The molecule has 2 aromatic rings. The molecule has 0 radical (unpaired) electrons. The van der Waals surface area contributed by atoms with Gasteiger partial charge in [0.15, 0.2) is 5.96 Å². The quantitative estimate of drug-likeness (QED) is 0.0402. The monoisotopic (exact) mass is 674 g/mol. The summed E-state index contributed by atoms with van der Waals surface area (Å²) in [6.07, 6.45) is -0.942. The first kappa shape index (κ1) is 39.1. The predicted molar refractivity (Wildman–Crippen MR) is 177 cm³/mol. The number of nitrogens with zero attached hydrogens (tertiary/aromatic N) is 1. The van der Waals surface area contributed by atoms with E-state index in [-0.39, 0.29) is 49.0 Å². The maximum Gasteiger partial charge on any atom is 0.336 e. The van der Waals surface area contributed by atoms with Crippen LogP contribution in [-0.4, -0.2) is 89.1 Å². The molecule has 0 saturated heterocycles. The number of benzene rings is 1. The van der Waals surface area contributed by atoms with E-state index in [1.165, 1.54) is 26.0 Å². The smallest absolute Gasteiger partial charge is 0.336 e. The van der Waals surface area contributed by atoms with Gasteiger partial charge in [-0.05, 0) is 56.7 Å². The number of aryl methyl sites for hydroxylation is 1. The summed E-state index contributed by atoms with van der Waals surface area (Å²) in [4.78, 5) is 80.0. The molecular weight excluding hydrogens is 628 g/mol. The third kappa shape index (κ3) is 12.3. The number of hydrogen-bond donors (Lipinski definition) is 9. The largest absolute Gasteiger partial charge is 0.423 e. The third-order valence-corrected chi connectivity index (χ3v) is 7.08. The number of fused-ring (bicyclic) bond motifs is 1. The normalized spacial score (nSPS) is 14.2. The molecule has 0 fully saturated rings. The minimum atomic E-state index is -1.61. The van der Waals surface area contributed by atoms with Crippen molar-refractivity contribution in [3.8, 4) is 0 Å². The molecule has 48 heavy (non-hydrogen) atoms. The molecule has 17 heteroatoms. The molecule has 5 amide bonds. The summed E-state index contributed by atoms with van der Waals surface area (Å²) in [7, 11) is 0. The van der Waals surface area contributed by atoms with Crippen LogP contribution in [0.5, 0.6) is 0 Å². The maximum absolute atomic E-state index is 13.4. The van der Waals surface area contributed by atoms with E-state index < -0.39 is 72.0 Å². The van der Waals surface area contributed by atoms with Crippen LogP contribution in [0.15, 0.2) is 38.5 Å². The molecule has 0 aliphatic carbocycles. The van der Waals surface area contributed by atoms with Gasteiger partial charge in [0, 0.05) is 36.7 Å². The molecule has 0 saturated carbocycles. The highest BCUT2D eigenvalue weighted by molar-refractivity contribution is 6.00. The molecule has 0 aliphatic heterocycles. The Hall–Kier alpha value is -5.03. The molecule has 11 N–H and O–H groups in total. The molecule has 264 valence electrons. The average Bonchev–Trinajstić information content (AvgIpc) is 2.98.